The SMILES string of the molecule is CC(NC(=O)C1(O)CCSC1)c1cccc(-n2cccn2)c1. The topological polar surface area (TPSA) is 67.2 Å². The van der Waals surface area contributed by atoms with Crippen LogP contribution in [0.1, 0.15) is 24.9 Å². The van der Waals surface area contributed by atoms with Gasteiger partial charge in [-0.3, -0.25) is 4.79 Å². The third-order valence-electron chi connectivity index (χ3n) is 3.91. The Balaban J connectivity index is 1.74. The van der Waals surface area contributed by atoms with Crippen LogP contribution in [-0.2, 0) is 4.79 Å². The van der Waals surface area contributed by atoms with Gasteiger partial charge in [0.15, 0.2) is 5.60 Å². The molecule has 1 amide bonds. The Kier molecular flexibility index (Phi) is 4.22. The molecule has 22 heavy (non-hydrogen) atoms. The molecular formula is C16H19N3O2S. The van der Waals surface area contributed by atoms with E-state index in [-0.39, 0.29) is 11.9 Å². The summed E-state index contributed by atoms with van der Waals surface area (Å²) in [6.45, 7) is 1.92. The summed E-state index contributed by atoms with van der Waals surface area (Å²) in [5.41, 5.74) is 0.702. The van der Waals surface area contributed by atoms with Gasteiger partial charge in [-0.2, -0.15) is 16.9 Å². The van der Waals surface area contributed by atoms with Crippen molar-refractivity contribution in [3.63, 3.8) is 0 Å². The quantitative estimate of drug-likeness (QED) is 0.904. The van der Waals surface area contributed by atoms with Crippen molar-refractivity contribution in [1.82, 2.24) is 15.1 Å². The van der Waals surface area contributed by atoms with Crippen LogP contribution >= 0.6 is 11.8 Å². The van der Waals surface area contributed by atoms with Gasteiger partial charge in [0, 0.05) is 18.1 Å². The first kappa shape index (κ1) is 15.1. The van der Waals surface area contributed by atoms with Crippen molar-refractivity contribution >= 4 is 17.7 Å². The first-order valence-corrected chi connectivity index (χ1v) is 8.45. The first-order valence-electron chi connectivity index (χ1n) is 7.29. The van der Waals surface area contributed by atoms with Crippen LogP contribution < -0.4 is 5.32 Å². The molecule has 0 bridgehead atoms. The van der Waals surface area contributed by atoms with Crippen molar-refractivity contribution in [2.75, 3.05) is 11.5 Å². The second-order valence-corrected chi connectivity index (χ2v) is 6.68. The summed E-state index contributed by atoms with van der Waals surface area (Å²) in [5, 5.41) is 17.4. The van der Waals surface area contributed by atoms with E-state index in [1.807, 2.05) is 43.5 Å². The molecule has 2 aromatic rings. The summed E-state index contributed by atoms with van der Waals surface area (Å²) < 4.78 is 1.78. The van der Waals surface area contributed by atoms with E-state index in [1.165, 1.54) is 0 Å². The van der Waals surface area contributed by atoms with Gasteiger partial charge >= 0.3 is 0 Å². The maximum Gasteiger partial charge on any atom is 0.253 e. The molecule has 1 fully saturated rings. The number of rotatable bonds is 4. The molecule has 0 radical (unpaired) electrons. The van der Waals surface area contributed by atoms with E-state index in [0.717, 1.165) is 17.0 Å². The number of carbonyl (C=O) groups excluding carboxylic acids is 1. The van der Waals surface area contributed by atoms with E-state index < -0.39 is 5.60 Å². The van der Waals surface area contributed by atoms with Gasteiger partial charge in [0.1, 0.15) is 0 Å². The zero-order chi connectivity index (χ0) is 15.6. The molecule has 1 saturated heterocycles. The number of thioether (sulfide) groups is 1. The average molecular weight is 317 g/mol. The van der Waals surface area contributed by atoms with Crippen molar-refractivity contribution in [2.45, 2.75) is 25.0 Å². The van der Waals surface area contributed by atoms with E-state index in [1.54, 1.807) is 22.6 Å². The van der Waals surface area contributed by atoms with Gasteiger partial charge in [0.25, 0.3) is 5.91 Å². The molecule has 5 nitrogen and oxygen atoms in total. The predicted molar refractivity (Wildman–Crippen MR) is 87.0 cm³/mol. The molecule has 1 aromatic heterocycles. The lowest BCUT2D eigenvalue weighted by Crippen LogP contribution is -2.47. The highest BCUT2D eigenvalue weighted by Crippen LogP contribution is 2.28. The van der Waals surface area contributed by atoms with Crippen molar-refractivity contribution in [2.24, 2.45) is 0 Å². The van der Waals surface area contributed by atoms with Crippen molar-refractivity contribution in [3.8, 4) is 5.69 Å². The fourth-order valence-corrected chi connectivity index (χ4v) is 3.75. The summed E-state index contributed by atoms with van der Waals surface area (Å²) in [7, 11) is 0. The van der Waals surface area contributed by atoms with E-state index in [4.69, 9.17) is 0 Å². The van der Waals surface area contributed by atoms with Gasteiger partial charge in [-0.25, -0.2) is 4.68 Å². The van der Waals surface area contributed by atoms with Crippen LogP contribution in [0.3, 0.4) is 0 Å². The highest BCUT2D eigenvalue weighted by atomic mass is 32.2. The third-order valence-corrected chi connectivity index (χ3v) is 5.08. The highest BCUT2D eigenvalue weighted by molar-refractivity contribution is 7.99. The van der Waals surface area contributed by atoms with Crippen molar-refractivity contribution < 1.29 is 9.90 Å². The van der Waals surface area contributed by atoms with E-state index in [2.05, 4.69) is 10.4 Å². The fourth-order valence-electron chi connectivity index (χ4n) is 2.51. The molecule has 6 heteroatoms. The van der Waals surface area contributed by atoms with E-state index in [0.29, 0.717) is 12.2 Å². The number of benzene rings is 1. The molecule has 1 aliphatic rings. The van der Waals surface area contributed by atoms with Gasteiger partial charge in [-0.05, 0) is 42.9 Å². The normalized spacial score (nSPS) is 22.5. The van der Waals surface area contributed by atoms with Crippen LogP contribution in [0.5, 0.6) is 0 Å². The Hall–Kier alpha value is -1.79. The maximum absolute atomic E-state index is 12.3. The maximum atomic E-state index is 12.3. The van der Waals surface area contributed by atoms with Gasteiger partial charge < -0.3 is 10.4 Å². The third kappa shape index (κ3) is 3.03. The number of aliphatic hydroxyl groups is 1. The Morgan fingerprint density at radius 1 is 1.50 bits per heavy atom. The second-order valence-electron chi connectivity index (χ2n) is 5.57. The summed E-state index contributed by atoms with van der Waals surface area (Å²) in [4.78, 5) is 12.3. The smallest absolute Gasteiger partial charge is 0.253 e. The van der Waals surface area contributed by atoms with Crippen LogP contribution in [-0.4, -0.2) is 37.9 Å². The van der Waals surface area contributed by atoms with Gasteiger partial charge in [0.2, 0.25) is 0 Å². The lowest BCUT2D eigenvalue weighted by Gasteiger charge is -2.23. The Morgan fingerprint density at radius 2 is 2.36 bits per heavy atom. The molecule has 2 N–H and O–H groups in total. The van der Waals surface area contributed by atoms with Gasteiger partial charge in [-0.15, -0.1) is 0 Å². The summed E-state index contributed by atoms with van der Waals surface area (Å²) in [6.07, 6.45) is 4.12. The minimum Gasteiger partial charge on any atom is -0.379 e. The number of hydrogen-bond donors (Lipinski definition) is 2. The molecule has 0 saturated carbocycles. The predicted octanol–water partition coefficient (Wildman–Crippen LogP) is 1.92. The van der Waals surface area contributed by atoms with E-state index >= 15 is 0 Å². The molecule has 1 aliphatic heterocycles. The number of hydrogen-bond acceptors (Lipinski definition) is 4. The lowest BCUT2D eigenvalue weighted by atomic mass is 10.0. The zero-order valence-corrected chi connectivity index (χ0v) is 13.2. The minimum atomic E-state index is -1.22. The van der Waals surface area contributed by atoms with Crippen LogP contribution in [0.2, 0.25) is 0 Å². The summed E-state index contributed by atoms with van der Waals surface area (Å²) in [5.74, 6) is 1.01. The number of aromatic nitrogens is 2. The second kappa shape index (κ2) is 6.14. The van der Waals surface area contributed by atoms with Crippen LogP contribution in [0.4, 0.5) is 0 Å². The standard InChI is InChI=1S/C16H19N3O2S/c1-12(18-15(20)16(21)6-9-22-11-16)13-4-2-5-14(10-13)19-8-3-7-17-19/h2-5,7-8,10,12,21H,6,9,11H2,1H3,(H,18,20). The van der Waals surface area contributed by atoms with Crippen LogP contribution in [0, 0.1) is 0 Å². The molecule has 2 heterocycles. The number of carbonyl (C=O) groups is 1. The Bertz CT molecular complexity index is 651. The molecule has 116 valence electrons. The molecular weight excluding hydrogens is 298 g/mol. The highest BCUT2D eigenvalue weighted by Gasteiger charge is 2.39. The molecule has 2 unspecified atom stereocenters. The Morgan fingerprint density at radius 3 is 3.05 bits per heavy atom. The molecule has 2 atom stereocenters. The minimum absolute atomic E-state index is 0.169. The van der Waals surface area contributed by atoms with E-state index in [9.17, 15) is 9.90 Å². The lowest BCUT2D eigenvalue weighted by molar-refractivity contribution is -0.137. The summed E-state index contributed by atoms with van der Waals surface area (Å²) >= 11 is 1.61. The molecule has 3 rings (SSSR count). The fraction of sp³-hybridized carbons (Fsp3) is 0.375. The number of nitrogens with one attached hydrogen (secondary N) is 1. The van der Waals surface area contributed by atoms with Gasteiger partial charge in [0.05, 0.1) is 11.7 Å². The monoisotopic (exact) mass is 317 g/mol. The molecule has 0 aliphatic carbocycles. The average Bonchev–Trinajstić information content (AvgIpc) is 3.19. The molecule has 1 aromatic carbocycles. The largest absolute Gasteiger partial charge is 0.379 e. The first-order chi connectivity index (χ1) is 10.6. The number of amides is 1. The Labute approximate surface area is 133 Å². The van der Waals surface area contributed by atoms with Crippen molar-refractivity contribution in [1.29, 1.82) is 0 Å². The molecule has 0 spiro atoms. The van der Waals surface area contributed by atoms with Crippen molar-refractivity contribution in [3.05, 3.63) is 48.3 Å². The zero-order valence-electron chi connectivity index (χ0n) is 12.4. The van der Waals surface area contributed by atoms with Gasteiger partial charge in [-0.1, -0.05) is 12.1 Å². The summed E-state index contributed by atoms with van der Waals surface area (Å²) in [6, 6.07) is 9.56. The number of nitrogens with zero attached hydrogens (tertiary/aromatic N) is 2. The van der Waals surface area contributed by atoms with Crippen LogP contribution in [0.15, 0.2) is 42.7 Å². The van der Waals surface area contributed by atoms with Crippen LogP contribution in [0.25, 0.3) is 5.69 Å².